The highest BCUT2D eigenvalue weighted by Crippen LogP contribution is 2.22. The molecule has 0 fully saturated rings. The van der Waals surface area contributed by atoms with Crippen molar-refractivity contribution in [2.24, 2.45) is 33.1 Å². The van der Waals surface area contributed by atoms with Crippen LogP contribution in [0.15, 0.2) is 28.2 Å². The minimum atomic E-state index is -0.167. The van der Waals surface area contributed by atoms with Crippen LogP contribution in [-0.4, -0.2) is 24.4 Å². The molecule has 1 amide bonds. The van der Waals surface area contributed by atoms with E-state index in [-0.39, 0.29) is 17.8 Å². The van der Waals surface area contributed by atoms with Crippen molar-refractivity contribution in [1.82, 2.24) is 5.32 Å². The van der Waals surface area contributed by atoms with Crippen LogP contribution in [0.1, 0.15) is 29.8 Å². The number of guanidine groups is 2. The number of hydrogen-bond acceptors (Lipinski definition) is 2. The van der Waals surface area contributed by atoms with Crippen LogP contribution in [0.25, 0.3) is 0 Å². The third-order valence-electron chi connectivity index (χ3n) is 2.70. The van der Waals surface area contributed by atoms with Crippen molar-refractivity contribution in [3.8, 4) is 0 Å². The summed E-state index contributed by atoms with van der Waals surface area (Å²) in [5.74, 6) is 0.0178. The second kappa shape index (κ2) is 7.28. The van der Waals surface area contributed by atoms with E-state index < -0.39 is 0 Å². The highest BCUT2D eigenvalue weighted by atomic mass is 16.1. The molecule has 0 atom stereocenters. The van der Waals surface area contributed by atoms with Crippen molar-refractivity contribution in [3.05, 3.63) is 29.3 Å². The Balaban J connectivity index is 3.03. The maximum Gasteiger partial charge on any atom is 0.251 e. The van der Waals surface area contributed by atoms with Crippen molar-refractivity contribution < 1.29 is 4.79 Å². The molecule has 21 heavy (non-hydrogen) atoms. The standard InChI is InChI=1S/C14H22N6O/c1-8(2)7-18-12(21)10-5-4-6-11(9(10)3)19-14(17)20-13(15)16/h4-6,8H,7H2,1-3H3,(H,18,21)(H6,15,16,17,19,20). The van der Waals surface area contributed by atoms with Crippen LogP contribution in [-0.2, 0) is 0 Å². The number of amides is 1. The molecule has 7 N–H and O–H groups in total. The van der Waals surface area contributed by atoms with Crippen molar-refractivity contribution in [2.75, 3.05) is 6.54 Å². The molecular weight excluding hydrogens is 268 g/mol. The largest absolute Gasteiger partial charge is 0.370 e. The van der Waals surface area contributed by atoms with E-state index in [4.69, 9.17) is 17.2 Å². The third-order valence-corrected chi connectivity index (χ3v) is 2.70. The van der Waals surface area contributed by atoms with Crippen molar-refractivity contribution in [2.45, 2.75) is 20.8 Å². The lowest BCUT2D eigenvalue weighted by Crippen LogP contribution is -2.28. The zero-order valence-corrected chi connectivity index (χ0v) is 12.6. The lowest BCUT2D eigenvalue weighted by atomic mass is 10.1. The summed E-state index contributed by atoms with van der Waals surface area (Å²) in [6, 6.07) is 5.21. The summed E-state index contributed by atoms with van der Waals surface area (Å²) >= 11 is 0. The topological polar surface area (TPSA) is 132 Å². The predicted molar refractivity (Wildman–Crippen MR) is 85.4 cm³/mol. The van der Waals surface area contributed by atoms with Gasteiger partial charge >= 0.3 is 0 Å². The number of carbonyl (C=O) groups is 1. The summed E-state index contributed by atoms with van der Waals surface area (Å²) in [5, 5.41) is 2.87. The first-order valence-corrected chi connectivity index (χ1v) is 6.63. The van der Waals surface area contributed by atoms with E-state index in [1.807, 2.05) is 13.8 Å². The van der Waals surface area contributed by atoms with Gasteiger partial charge in [0.25, 0.3) is 5.91 Å². The van der Waals surface area contributed by atoms with E-state index in [0.717, 1.165) is 0 Å². The summed E-state index contributed by atoms with van der Waals surface area (Å²) < 4.78 is 0. The first-order chi connectivity index (χ1) is 9.81. The second-order valence-corrected chi connectivity index (χ2v) is 5.06. The van der Waals surface area contributed by atoms with Gasteiger partial charge in [-0.05, 0) is 30.5 Å². The fourth-order valence-electron chi connectivity index (χ4n) is 1.66. The van der Waals surface area contributed by atoms with Gasteiger partial charge in [0, 0.05) is 12.1 Å². The maximum atomic E-state index is 12.1. The van der Waals surface area contributed by atoms with E-state index >= 15 is 0 Å². The average molecular weight is 290 g/mol. The molecular formula is C14H22N6O. The Morgan fingerprint density at radius 1 is 1.29 bits per heavy atom. The van der Waals surface area contributed by atoms with Crippen LogP contribution >= 0.6 is 0 Å². The first-order valence-electron chi connectivity index (χ1n) is 6.63. The van der Waals surface area contributed by atoms with Gasteiger partial charge in [-0.25, -0.2) is 4.99 Å². The average Bonchev–Trinajstić information content (AvgIpc) is 2.37. The molecule has 7 heteroatoms. The van der Waals surface area contributed by atoms with Crippen LogP contribution in [0.5, 0.6) is 0 Å². The van der Waals surface area contributed by atoms with E-state index in [9.17, 15) is 4.79 Å². The Morgan fingerprint density at radius 3 is 2.52 bits per heavy atom. The zero-order chi connectivity index (χ0) is 16.0. The monoisotopic (exact) mass is 290 g/mol. The number of carbonyl (C=O) groups excluding carboxylic acids is 1. The highest BCUT2D eigenvalue weighted by molar-refractivity contribution is 5.98. The number of hydrogen-bond donors (Lipinski definition) is 4. The molecule has 0 saturated carbocycles. The zero-order valence-electron chi connectivity index (χ0n) is 12.6. The van der Waals surface area contributed by atoms with Crippen molar-refractivity contribution >= 4 is 23.5 Å². The quantitative estimate of drug-likeness (QED) is 0.477. The minimum Gasteiger partial charge on any atom is -0.370 e. The van der Waals surface area contributed by atoms with Crippen LogP contribution in [0.2, 0.25) is 0 Å². The minimum absolute atomic E-state index is 0.0576. The van der Waals surface area contributed by atoms with Gasteiger partial charge in [0.2, 0.25) is 5.96 Å². The van der Waals surface area contributed by atoms with Crippen molar-refractivity contribution in [1.29, 1.82) is 0 Å². The number of nitrogens with one attached hydrogen (secondary N) is 1. The lowest BCUT2D eigenvalue weighted by Gasteiger charge is -2.11. The van der Waals surface area contributed by atoms with E-state index in [1.165, 1.54) is 0 Å². The second-order valence-electron chi connectivity index (χ2n) is 5.06. The Labute approximate surface area is 124 Å². The molecule has 1 rings (SSSR count). The van der Waals surface area contributed by atoms with Crippen LogP contribution in [0.3, 0.4) is 0 Å². The third kappa shape index (κ3) is 5.13. The van der Waals surface area contributed by atoms with Gasteiger partial charge in [-0.3, -0.25) is 4.79 Å². The van der Waals surface area contributed by atoms with Crippen LogP contribution in [0.4, 0.5) is 5.69 Å². The SMILES string of the molecule is Cc1c(N=C(N)N=C(N)N)cccc1C(=O)NCC(C)C. The molecule has 0 radical (unpaired) electrons. The smallest absolute Gasteiger partial charge is 0.251 e. The Bertz CT molecular complexity index is 573. The molecule has 0 spiro atoms. The van der Waals surface area contributed by atoms with Gasteiger partial charge in [0.1, 0.15) is 0 Å². The molecule has 1 aromatic carbocycles. The summed E-state index contributed by atoms with van der Waals surface area (Å²) in [7, 11) is 0. The van der Waals surface area contributed by atoms with E-state index in [2.05, 4.69) is 15.3 Å². The van der Waals surface area contributed by atoms with E-state index in [0.29, 0.717) is 29.3 Å². The normalized spacial score (nSPS) is 11.3. The lowest BCUT2D eigenvalue weighted by molar-refractivity contribution is 0.0948. The maximum absolute atomic E-state index is 12.1. The van der Waals surface area contributed by atoms with Gasteiger partial charge in [-0.15, -0.1) is 0 Å². The fourth-order valence-corrected chi connectivity index (χ4v) is 1.66. The van der Waals surface area contributed by atoms with Crippen LogP contribution in [0, 0.1) is 12.8 Å². The number of benzene rings is 1. The number of aliphatic imine (C=N–C) groups is 2. The number of rotatable bonds is 4. The first kappa shape index (κ1) is 16.5. The Kier molecular flexibility index (Phi) is 5.71. The molecule has 0 heterocycles. The Morgan fingerprint density at radius 2 is 1.95 bits per heavy atom. The van der Waals surface area contributed by atoms with Gasteiger partial charge < -0.3 is 22.5 Å². The molecule has 0 aromatic heterocycles. The van der Waals surface area contributed by atoms with Gasteiger partial charge in [0.05, 0.1) is 5.69 Å². The molecule has 0 aliphatic carbocycles. The van der Waals surface area contributed by atoms with Gasteiger partial charge in [0.15, 0.2) is 5.96 Å². The summed E-state index contributed by atoms with van der Waals surface area (Å²) in [4.78, 5) is 19.9. The van der Waals surface area contributed by atoms with Crippen LogP contribution < -0.4 is 22.5 Å². The molecule has 1 aromatic rings. The number of nitrogens with two attached hydrogens (primary N) is 3. The molecule has 0 aliphatic rings. The van der Waals surface area contributed by atoms with Gasteiger partial charge in [-0.2, -0.15) is 4.99 Å². The summed E-state index contributed by atoms with van der Waals surface area (Å²) in [6.45, 7) is 6.47. The Hall–Kier alpha value is -2.57. The van der Waals surface area contributed by atoms with Crippen molar-refractivity contribution in [3.63, 3.8) is 0 Å². The van der Waals surface area contributed by atoms with E-state index in [1.54, 1.807) is 25.1 Å². The molecule has 114 valence electrons. The molecule has 7 nitrogen and oxygen atoms in total. The molecule has 0 unspecified atom stereocenters. The number of nitrogens with zero attached hydrogens (tertiary/aromatic N) is 2. The summed E-state index contributed by atoms with van der Waals surface area (Å²) in [5.41, 5.74) is 17.9. The molecule has 0 saturated heterocycles. The fraction of sp³-hybridized carbons (Fsp3) is 0.357. The van der Waals surface area contributed by atoms with Gasteiger partial charge in [-0.1, -0.05) is 19.9 Å². The predicted octanol–water partition coefficient (Wildman–Crippen LogP) is 0.600. The highest BCUT2D eigenvalue weighted by Gasteiger charge is 2.11. The summed E-state index contributed by atoms with van der Waals surface area (Å²) in [6.07, 6.45) is 0. The molecule has 0 bridgehead atoms. The molecule has 0 aliphatic heterocycles.